The number of carbonyl (C=O) groups is 3. The van der Waals surface area contributed by atoms with E-state index in [2.05, 4.69) is 15.2 Å². The van der Waals surface area contributed by atoms with Crippen molar-refractivity contribution in [2.45, 2.75) is 40.0 Å². The number of piperidine rings is 1. The number of rotatable bonds is 8. The van der Waals surface area contributed by atoms with E-state index in [-0.39, 0.29) is 24.3 Å². The zero-order valence-electron chi connectivity index (χ0n) is 19.5. The fourth-order valence-electron chi connectivity index (χ4n) is 4.49. The number of morpholine rings is 1. The van der Waals surface area contributed by atoms with Crippen LogP contribution in [0.25, 0.3) is 0 Å². The van der Waals surface area contributed by atoms with E-state index in [4.69, 9.17) is 9.47 Å². The average Bonchev–Trinajstić information content (AvgIpc) is 3.10. The van der Waals surface area contributed by atoms with Crippen LogP contribution in [0.1, 0.15) is 58.3 Å². The highest BCUT2D eigenvalue weighted by atomic mass is 16.5. The molecule has 0 saturated carbocycles. The van der Waals surface area contributed by atoms with Gasteiger partial charge in [-0.05, 0) is 52.1 Å². The summed E-state index contributed by atoms with van der Waals surface area (Å²) in [4.78, 5) is 45.2. The van der Waals surface area contributed by atoms with Crippen molar-refractivity contribution in [2.24, 2.45) is 5.92 Å². The molecule has 2 saturated heterocycles. The van der Waals surface area contributed by atoms with Crippen molar-refractivity contribution in [3.05, 3.63) is 22.5 Å². The molecule has 3 rings (SSSR count). The molecule has 1 aromatic heterocycles. The molecule has 2 amide bonds. The summed E-state index contributed by atoms with van der Waals surface area (Å²) in [6.07, 6.45) is 2.45. The van der Waals surface area contributed by atoms with Gasteiger partial charge < -0.3 is 24.7 Å². The van der Waals surface area contributed by atoms with E-state index in [0.717, 1.165) is 52.1 Å². The van der Waals surface area contributed by atoms with Crippen LogP contribution in [0.3, 0.4) is 0 Å². The highest BCUT2D eigenvalue weighted by molar-refractivity contribution is 6.00. The van der Waals surface area contributed by atoms with E-state index in [1.807, 2.05) is 0 Å². The molecule has 2 N–H and O–H groups in total. The molecule has 0 bridgehead atoms. The summed E-state index contributed by atoms with van der Waals surface area (Å²) in [7, 11) is 0. The van der Waals surface area contributed by atoms with Crippen LogP contribution in [0.2, 0.25) is 0 Å². The molecule has 0 aromatic carbocycles. The molecule has 1 aromatic rings. The lowest BCUT2D eigenvalue weighted by Crippen LogP contribution is -2.46. The zero-order valence-corrected chi connectivity index (χ0v) is 19.5. The van der Waals surface area contributed by atoms with Crippen LogP contribution in [0.5, 0.6) is 0 Å². The van der Waals surface area contributed by atoms with Crippen LogP contribution >= 0.6 is 0 Å². The SMILES string of the molecule is CCOC(=O)c1c(C)[nH]c(C(=O)N2CCC[C@H](C(=O)NCCCN3CCOCC3)C2)c1C. The van der Waals surface area contributed by atoms with Crippen LogP contribution in [0.4, 0.5) is 0 Å². The Morgan fingerprint density at radius 2 is 1.94 bits per heavy atom. The molecule has 0 radical (unpaired) electrons. The van der Waals surface area contributed by atoms with Gasteiger partial charge in [0.15, 0.2) is 0 Å². The molecular formula is C23H36N4O5. The maximum Gasteiger partial charge on any atom is 0.340 e. The molecule has 9 nitrogen and oxygen atoms in total. The summed E-state index contributed by atoms with van der Waals surface area (Å²) >= 11 is 0. The molecule has 178 valence electrons. The molecule has 9 heteroatoms. The molecule has 0 unspecified atom stereocenters. The first-order chi connectivity index (χ1) is 15.4. The number of aromatic nitrogens is 1. The highest BCUT2D eigenvalue weighted by Gasteiger charge is 2.31. The van der Waals surface area contributed by atoms with Crippen molar-refractivity contribution in [2.75, 3.05) is 59.1 Å². The van der Waals surface area contributed by atoms with Crippen LogP contribution < -0.4 is 5.32 Å². The number of likely N-dealkylation sites (tertiary alicyclic amines) is 1. The number of aromatic amines is 1. The summed E-state index contributed by atoms with van der Waals surface area (Å²) in [5.41, 5.74) is 2.04. The maximum atomic E-state index is 13.2. The summed E-state index contributed by atoms with van der Waals surface area (Å²) < 4.78 is 10.5. The first-order valence-electron chi connectivity index (χ1n) is 11.7. The van der Waals surface area contributed by atoms with Gasteiger partial charge in [0.25, 0.3) is 5.91 Å². The van der Waals surface area contributed by atoms with Gasteiger partial charge in [-0.3, -0.25) is 14.5 Å². The van der Waals surface area contributed by atoms with Gasteiger partial charge in [-0.25, -0.2) is 4.79 Å². The second-order valence-electron chi connectivity index (χ2n) is 8.53. The van der Waals surface area contributed by atoms with Crippen molar-refractivity contribution in [3.63, 3.8) is 0 Å². The van der Waals surface area contributed by atoms with Gasteiger partial charge in [0.1, 0.15) is 5.69 Å². The van der Waals surface area contributed by atoms with Crippen molar-refractivity contribution in [3.8, 4) is 0 Å². The number of carbonyl (C=O) groups excluding carboxylic acids is 3. The van der Waals surface area contributed by atoms with E-state index in [1.54, 1.807) is 25.7 Å². The Hall–Kier alpha value is -2.39. The van der Waals surface area contributed by atoms with Crippen molar-refractivity contribution in [1.29, 1.82) is 0 Å². The first kappa shape index (κ1) is 24.3. The van der Waals surface area contributed by atoms with Gasteiger partial charge >= 0.3 is 5.97 Å². The summed E-state index contributed by atoms with van der Waals surface area (Å²) in [6.45, 7) is 11.6. The summed E-state index contributed by atoms with van der Waals surface area (Å²) in [5.74, 6) is -0.801. The molecule has 0 aliphatic carbocycles. The first-order valence-corrected chi connectivity index (χ1v) is 11.7. The predicted octanol–water partition coefficient (Wildman–Crippen LogP) is 1.50. The van der Waals surface area contributed by atoms with Crippen LogP contribution in [0.15, 0.2) is 0 Å². The van der Waals surface area contributed by atoms with Crippen molar-refractivity contribution >= 4 is 17.8 Å². The Kier molecular flexibility index (Phi) is 8.69. The average molecular weight is 449 g/mol. The molecule has 3 heterocycles. The maximum absolute atomic E-state index is 13.2. The minimum atomic E-state index is -0.425. The Balaban J connectivity index is 1.52. The number of nitrogens with zero attached hydrogens (tertiary/aromatic N) is 2. The smallest absolute Gasteiger partial charge is 0.340 e. The number of H-pyrrole nitrogens is 1. The molecule has 0 spiro atoms. The normalized spacial score (nSPS) is 19.6. The summed E-state index contributed by atoms with van der Waals surface area (Å²) in [5, 5.41) is 3.04. The van der Waals surface area contributed by atoms with Gasteiger partial charge in [0, 0.05) is 38.4 Å². The third kappa shape index (κ3) is 5.89. The predicted molar refractivity (Wildman–Crippen MR) is 120 cm³/mol. The minimum Gasteiger partial charge on any atom is -0.462 e. The van der Waals surface area contributed by atoms with Gasteiger partial charge in [0.05, 0.1) is 31.3 Å². The van der Waals surface area contributed by atoms with E-state index in [1.165, 1.54) is 0 Å². The lowest BCUT2D eigenvalue weighted by Gasteiger charge is -2.32. The quantitative estimate of drug-likeness (QED) is 0.461. The number of aryl methyl sites for hydroxylation is 1. The third-order valence-corrected chi connectivity index (χ3v) is 6.26. The standard InChI is InChI=1S/C23H36N4O5/c1-4-32-23(30)19-16(2)20(25-17(19)3)22(29)27-10-5-7-18(15-27)21(28)24-8-6-9-26-11-13-31-14-12-26/h18,25H,4-15H2,1-3H3,(H,24,28)/t18-/m0/s1. The number of amides is 2. The molecule has 32 heavy (non-hydrogen) atoms. The summed E-state index contributed by atoms with van der Waals surface area (Å²) in [6, 6.07) is 0. The van der Waals surface area contributed by atoms with E-state index < -0.39 is 5.97 Å². The minimum absolute atomic E-state index is 0.0103. The molecule has 2 aliphatic rings. The Morgan fingerprint density at radius 3 is 2.66 bits per heavy atom. The Bertz CT molecular complexity index is 816. The van der Waals surface area contributed by atoms with Crippen molar-refractivity contribution in [1.82, 2.24) is 20.1 Å². The van der Waals surface area contributed by atoms with Crippen LogP contribution in [0, 0.1) is 19.8 Å². The second kappa shape index (κ2) is 11.5. The monoisotopic (exact) mass is 448 g/mol. The van der Waals surface area contributed by atoms with Gasteiger partial charge in [-0.2, -0.15) is 0 Å². The fraction of sp³-hybridized carbons (Fsp3) is 0.696. The second-order valence-corrected chi connectivity index (χ2v) is 8.53. The fourth-order valence-corrected chi connectivity index (χ4v) is 4.49. The number of hydrogen-bond acceptors (Lipinski definition) is 6. The van der Waals surface area contributed by atoms with Gasteiger partial charge in [-0.1, -0.05) is 0 Å². The van der Waals surface area contributed by atoms with Crippen LogP contribution in [-0.4, -0.2) is 91.7 Å². The number of ether oxygens (including phenoxy) is 2. The van der Waals surface area contributed by atoms with Gasteiger partial charge in [0.2, 0.25) is 5.91 Å². The van der Waals surface area contributed by atoms with E-state index >= 15 is 0 Å². The topological polar surface area (TPSA) is 104 Å². The molecular weight excluding hydrogens is 412 g/mol. The largest absolute Gasteiger partial charge is 0.462 e. The third-order valence-electron chi connectivity index (χ3n) is 6.26. The molecule has 2 fully saturated rings. The number of esters is 1. The van der Waals surface area contributed by atoms with E-state index in [0.29, 0.717) is 42.1 Å². The molecule has 1 atom stereocenters. The Morgan fingerprint density at radius 1 is 1.19 bits per heavy atom. The zero-order chi connectivity index (χ0) is 23.1. The lowest BCUT2D eigenvalue weighted by atomic mass is 9.96. The Labute approximate surface area is 189 Å². The van der Waals surface area contributed by atoms with E-state index in [9.17, 15) is 14.4 Å². The van der Waals surface area contributed by atoms with Crippen molar-refractivity contribution < 1.29 is 23.9 Å². The van der Waals surface area contributed by atoms with Crippen LogP contribution in [-0.2, 0) is 14.3 Å². The number of nitrogens with one attached hydrogen (secondary N) is 2. The number of hydrogen-bond donors (Lipinski definition) is 2. The lowest BCUT2D eigenvalue weighted by molar-refractivity contribution is -0.126. The van der Waals surface area contributed by atoms with Gasteiger partial charge in [-0.15, -0.1) is 0 Å². The highest BCUT2D eigenvalue weighted by Crippen LogP contribution is 2.23. The molecule has 2 aliphatic heterocycles.